The predicted molar refractivity (Wildman–Crippen MR) is 83.6 cm³/mol. The third-order valence-corrected chi connectivity index (χ3v) is 5.26. The van der Waals surface area contributed by atoms with E-state index in [1.54, 1.807) is 0 Å². The zero-order valence-electron chi connectivity index (χ0n) is 12.1. The molecule has 1 saturated heterocycles. The van der Waals surface area contributed by atoms with Gasteiger partial charge in [-0.2, -0.15) is 0 Å². The van der Waals surface area contributed by atoms with Crippen molar-refractivity contribution in [2.24, 2.45) is 0 Å². The predicted octanol–water partition coefficient (Wildman–Crippen LogP) is 4.29. The molecule has 1 aliphatic heterocycles. The molecule has 19 heavy (non-hydrogen) atoms. The molecule has 1 aromatic rings. The van der Waals surface area contributed by atoms with E-state index in [1.807, 2.05) is 7.05 Å². The van der Waals surface area contributed by atoms with Crippen LogP contribution in [0, 0.1) is 13.8 Å². The van der Waals surface area contributed by atoms with Gasteiger partial charge in [0.15, 0.2) is 0 Å². The summed E-state index contributed by atoms with van der Waals surface area (Å²) in [6.45, 7) is 5.27. The molecule has 1 heterocycles. The van der Waals surface area contributed by atoms with Gasteiger partial charge in [0.25, 0.3) is 0 Å². The Morgan fingerprint density at radius 1 is 1.37 bits per heavy atom. The summed E-state index contributed by atoms with van der Waals surface area (Å²) in [5.74, 6) is 0. The number of aryl methyl sites for hydroxylation is 2. The third-order valence-electron chi connectivity index (χ3n) is 4.01. The highest BCUT2D eigenvalue weighted by Gasteiger charge is 2.18. The summed E-state index contributed by atoms with van der Waals surface area (Å²) in [6, 6.07) is 5.00. The van der Waals surface area contributed by atoms with Crippen molar-refractivity contribution in [3.05, 3.63) is 33.3 Å². The zero-order valence-corrected chi connectivity index (χ0v) is 13.7. The fourth-order valence-electron chi connectivity index (χ4n) is 2.88. The Morgan fingerprint density at radius 3 is 2.58 bits per heavy atom. The van der Waals surface area contributed by atoms with Crippen LogP contribution in [-0.4, -0.2) is 19.8 Å². The zero-order chi connectivity index (χ0) is 13.8. The molecule has 1 N–H and O–H groups in total. The van der Waals surface area contributed by atoms with E-state index < -0.39 is 0 Å². The van der Waals surface area contributed by atoms with E-state index in [0.29, 0.717) is 12.1 Å². The summed E-state index contributed by atoms with van der Waals surface area (Å²) >= 11 is 3.64. The maximum Gasteiger partial charge on any atom is 0.0576 e. The van der Waals surface area contributed by atoms with Crippen LogP contribution < -0.4 is 5.32 Å². The van der Waals surface area contributed by atoms with Crippen molar-refractivity contribution in [3.63, 3.8) is 0 Å². The number of hydrogen-bond donors (Lipinski definition) is 1. The van der Waals surface area contributed by atoms with Gasteiger partial charge in [-0.3, -0.25) is 0 Å². The van der Waals surface area contributed by atoms with Gasteiger partial charge in [0.1, 0.15) is 0 Å². The lowest BCUT2D eigenvalue weighted by atomic mass is 9.96. The normalized spacial score (nSPS) is 20.7. The molecule has 3 heteroatoms. The lowest BCUT2D eigenvalue weighted by Crippen LogP contribution is -2.19. The number of rotatable bonds is 5. The minimum absolute atomic E-state index is 0.426. The summed E-state index contributed by atoms with van der Waals surface area (Å²) < 4.78 is 6.94. The van der Waals surface area contributed by atoms with E-state index in [4.69, 9.17) is 4.74 Å². The summed E-state index contributed by atoms with van der Waals surface area (Å²) in [5.41, 5.74) is 4.01. The van der Waals surface area contributed by atoms with Crippen LogP contribution in [0.15, 0.2) is 16.6 Å². The molecule has 0 aromatic heterocycles. The largest absolute Gasteiger partial charge is 0.378 e. The molecule has 1 fully saturated rings. The molecule has 0 saturated carbocycles. The van der Waals surface area contributed by atoms with E-state index >= 15 is 0 Å². The second-order valence-electron chi connectivity index (χ2n) is 5.52. The molecule has 0 amide bonds. The maximum atomic E-state index is 5.72. The van der Waals surface area contributed by atoms with Gasteiger partial charge < -0.3 is 10.1 Å². The smallest absolute Gasteiger partial charge is 0.0576 e. The van der Waals surface area contributed by atoms with Crippen molar-refractivity contribution in [2.75, 3.05) is 13.7 Å². The SMILES string of the molecule is CNC(CCC1CCCO1)c1cc(C)c(Br)c(C)c1. The van der Waals surface area contributed by atoms with Crippen LogP contribution in [0.5, 0.6) is 0 Å². The Labute approximate surface area is 125 Å². The Morgan fingerprint density at radius 2 is 2.05 bits per heavy atom. The van der Waals surface area contributed by atoms with Crippen LogP contribution in [0.3, 0.4) is 0 Å². The van der Waals surface area contributed by atoms with Crippen molar-refractivity contribution >= 4 is 15.9 Å². The van der Waals surface area contributed by atoms with Crippen molar-refractivity contribution in [3.8, 4) is 0 Å². The van der Waals surface area contributed by atoms with Crippen LogP contribution in [-0.2, 0) is 4.74 Å². The van der Waals surface area contributed by atoms with E-state index in [-0.39, 0.29) is 0 Å². The standard InChI is InChI=1S/C16H24BrNO/c1-11-9-13(10-12(2)16(11)17)15(18-3)7-6-14-5-4-8-19-14/h9-10,14-15,18H,4-8H2,1-3H3. The Kier molecular flexibility index (Phi) is 5.43. The number of benzene rings is 1. The molecule has 2 rings (SSSR count). The molecule has 106 valence electrons. The van der Waals surface area contributed by atoms with Gasteiger partial charge in [0, 0.05) is 17.1 Å². The van der Waals surface area contributed by atoms with Crippen molar-refractivity contribution in [1.29, 1.82) is 0 Å². The lowest BCUT2D eigenvalue weighted by molar-refractivity contribution is 0.0998. The van der Waals surface area contributed by atoms with Gasteiger partial charge in [-0.25, -0.2) is 0 Å². The fourth-order valence-corrected chi connectivity index (χ4v) is 3.11. The minimum Gasteiger partial charge on any atom is -0.378 e. The van der Waals surface area contributed by atoms with Gasteiger partial charge in [0.2, 0.25) is 0 Å². The van der Waals surface area contributed by atoms with E-state index in [2.05, 4.69) is 47.2 Å². The lowest BCUT2D eigenvalue weighted by Gasteiger charge is -2.20. The monoisotopic (exact) mass is 325 g/mol. The third kappa shape index (κ3) is 3.80. The van der Waals surface area contributed by atoms with Crippen LogP contribution in [0.2, 0.25) is 0 Å². The molecule has 2 nitrogen and oxygen atoms in total. The van der Waals surface area contributed by atoms with E-state index in [9.17, 15) is 0 Å². The highest BCUT2D eigenvalue weighted by atomic mass is 79.9. The minimum atomic E-state index is 0.426. The molecule has 0 bridgehead atoms. The number of halogens is 1. The first-order valence-corrected chi connectivity index (χ1v) is 7.96. The molecule has 2 unspecified atom stereocenters. The van der Waals surface area contributed by atoms with Crippen molar-refractivity contribution in [1.82, 2.24) is 5.32 Å². The molecule has 0 radical (unpaired) electrons. The van der Waals surface area contributed by atoms with Gasteiger partial charge in [0.05, 0.1) is 6.10 Å². The van der Waals surface area contributed by atoms with Crippen molar-refractivity contribution in [2.45, 2.75) is 51.7 Å². The van der Waals surface area contributed by atoms with E-state index in [0.717, 1.165) is 19.4 Å². The molecule has 0 aliphatic carbocycles. The first-order valence-electron chi connectivity index (χ1n) is 7.17. The van der Waals surface area contributed by atoms with E-state index in [1.165, 1.54) is 34.0 Å². The van der Waals surface area contributed by atoms with Crippen LogP contribution in [0.1, 0.15) is 48.4 Å². The second kappa shape index (κ2) is 6.87. The summed E-state index contributed by atoms with van der Waals surface area (Å²) in [7, 11) is 2.05. The first-order chi connectivity index (χ1) is 9.11. The van der Waals surface area contributed by atoms with Crippen molar-refractivity contribution < 1.29 is 4.74 Å². The number of ether oxygens (including phenoxy) is 1. The maximum absolute atomic E-state index is 5.72. The Balaban J connectivity index is 2.04. The highest BCUT2D eigenvalue weighted by molar-refractivity contribution is 9.10. The van der Waals surface area contributed by atoms with Crippen LogP contribution in [0.25, 0.3) is 0 Å². The summed E-state index contributed by atoms with van der Waals surface area (Å²) in [5, 5.41) is 3.45. The molecular formula is C16H24BrNO. The Bertz CT molecular complexity index is 404. The highest BCUT2D eigenvalue weighted by Crippen LogP contribution is 2.29. The molecular weight excluding hydrogens is 302 g/mol. The van der Waals surface area contributed by atoms with Gasteiger partial charge in [-0.1, -0.05) is 28.1 Å². The molecule has 0 spiro atoms. The van der Waals surface area contributed by atoms with Gasteiger partial charge >= 0.3 is 0 Å². The average molecular weight is 326 g/mol. The molecule has 1 aromatic carbocycles. The fraction of sp³-hybridized carbons (Fsp3) is 0.625. The topological polar surface area (TPSA) is 21.3 Å². The number of hydrogen-bond acceptors (Lipinski definition) is 2. The number of nitrogens with one attached hydrogen (secondary N) is 1. The van der Waals surface area contributed by atoms with Crippen LogP contribution in [0.4, 0.5) is 0 Å². The summed E-state index contributed by atoms with van der Waals surface area (Å²) in [4.78, 5) is 0. The Hall–Kier alpha value is -0.380. The first kappa shape index (κ1) is 15.0. The second-order valence-corrected chi connectivity index (χ2v) is 6.32. The quantitative estimate of drug-likeness (QED) is 0.872. The van der Waals surface area contributed by atoms with Gasteiger partial charge in [-0.15, -0.1) is 0 Å². The average Bonchev–Trinajstić information content (AvgIpc) is 2.89. The van der Waals surface area contributed by atoms with Gasteiger partial charge in [-0.05, 0) is 63.3 Å². The summed E-state index contributed by atoms with van der Waals surface area (Å²) in [6.07, 6.45) is 5.23. The van der Waals surface area contributed by atoms with Crippen LogP contribution >= 0.6 is 15.9 Å². The molecule has 1 aliphatic rings. The molecule has 2 atom stereocenters.